The van der Waals surface area contributed by atoms with Gasteiger partial charge in [0, 0.05) is 11.9 Å². The molecule has 0 saturated carbocycles. The second kappa shape index (κ2) is 7.38. The molecule has 0 spiro atoms. The minimum absolute atomic E-state index is 0.0829. The summed E-state index contributed by atoms with van der Waals surface area (Å²) in [7, 11) is 0. The van der Waals surface area contributed by atoms with Gasteiger partial charge in [-0.05, 0) is 36.7 Å². The summed E-state index contributed by atoms with van der Waals surface area (Å²) >= 11 is 5.26. The molecule has 0 aliphatic rings. The molecule has 1 aromatic carbocycles. The zero-order valence-electron chi connectivity index (χ0n) is 12.7. The number of nitrogens with one attached hydrogen (secondary N) is 2. The first-order valence-electron chi connectivity index (χ1n) is 7.30. The largest absolute Gasteiger partial charge is 0.394 e. The second-order valence-electron chi connectivity index (χ2n) is 5.63. The number of aliphatic hydroxyl groups is 1. The zero-order chi connectivity index (χ0) is 16.1. The van der Waals surface area contributed by atoms with Crippen molar-refractivity contribution in [1.82, 2.24) is 14.9 Å². The highest BCUT2D eigenvalue weighted by Gasteiger charge is 2.18. The van der Waals surface area contributed by atoms with E-state index in [0.717, 1.165) is 12.1 Å². The van der Waals surface area contributed by atoms with E-state index in [1.165, 1.54) is 0 Å². The number of nitrogens with zero attached hydrogens (tertiary/aromatic N) is 1. The molecule has 0 saturated heterocycles. The Morgan fingerprint density at radius 1 is 1.36 bits per heavy atom. The van der Waals surface area contributed by atoms with Crippen molar-refractivity contribution in [3.8, 4) is 5.69 Å². The third kappa shape index (κ3) is 3.84. The number of benzene rings is 1. The van der Waals surface area contributed by atoms with Gasteiger partial charge in [-0.25, -0.2) is 0 Å². The van der Waals surface area contributed by atoms with Gasteiger partial charge in [0.25, 0.3) is 5.91 Å². The monoisotopic (exact) mass is 319 g/mol. The number of amides is 1. The molecule has 1 atom stereocenters. The summed E-state index contributed by atoms with van der Waals surface area (Å²) < 4.78 is 2.15. The number of hydrogen-bond acceptors (Lipinski definition) is 3. The van der Waals surface area contributed by atoms with Gasteiger partial charge in [0.05, 0.1) is 12.6 Å². The zero-order valence-corrected chi connectivity index (χ0v) is 13.6. The molecule has 2 aromatic rings. The summed E-state index contributed by atoms with van der Waals surface area (Å²) in [5.74, 6) is 0.135. The van der Waals surface area contributed by atoms with Gasteiger partial charge < -0.3 is 15.4 Å². The van der Waals surface area contributed by atoms with Crippen LogP contribution in [0.3, 0.4) is 0 Å². The molecule has 0 fully saturated rings. The lowest BCUT2D eigenvalue weighted by atomic mass is 10.0. The minimum atomic E-state index is -0.264. The number of H-pyrrole nitrogens is 1. The van der Waals surface area contributed by atoms with Crippen molar-refractivity contribution in [2.45, 2.75) is 26.3 Å². The highest BCUT2D eigenvalue weighted by Crippen LogP contribution is 2.13. The Kier molecular flexibility index (Phi) is 5.51. The van der Waals surface area contributed by atoms with Crippen molar-refractivity contribution < 1.29 is 9.90 Å². The summed E-state index contributed by atoms with van der Waals surface area (Å²) in [5, 5.41) is 12.3. The van der Waals surface area contributed by atoms with Crippen LogP contribution in [0.5, 0.6) is 0 Å². The average molecular weight is 319 g/mol. The number of aromatic nitrogens is 2. The van der Waals surface area contributed by atoms with E-state index in [0.29, 0.717) is 16.4 Å². The molecule has 22 heavy (non-hydrogen) atoms. The van der Waals surface area contributed by atoms with Gasteiger partial charge in [0.2, 0.25) is 0 Å². The third-order valence-corrected chi connectivity index (χ3v) is 3.64. The molecule has 1 heterocycles. The van der Waals surface area contributed by atoms with E-state index in [1.54, 1.807) is 10.8 Å². The second-order valence-corrected chi connectivity index (χ2v) is 6.02. The van der Waals surface area contributed by atoms with E-state index in [9.17, 15) is 9.90 Å². The Morgan fingerprint density at radius 2 is 2.05 bits per heavy atom. The first kappa shape index (κ1) is 16.5. The van der Waals surface area contributed by atoms with Crippen molar-refractivity contribution in [2.75, 3.05) is 6.61 Å². The van der Waals surface area contributed by atoms with E-state index >= 15 is 0 Å². The normalized spacial score (nSPS) is 12.4. The maximum atomic E-state index is 12.5. The summed E-state index contributed by atoms with van der Waals surface area (Å²) in [6.07, 6.45) is 2.31. The van der Waals surface area contributed by atoms with E-state index in [-0.39, 0.29) is 18.6 Å². The molecule has 0 bridgehead atoms. The fourth-order valence-electron chi connectivity index (χ4n) is 2.38. The van der Waals surface area contributed by atoms with Crippen molar-refractivity contribution in [3.05, 3.63) is 47.0 Å². The Labute approximate surface area is 135 Å². The minimum Gasteiger partial charge on any atom is -0.394 e. The van der Waals surface area contributed by atoms with Gasteiger partial charge in [-0.15, -0.1) is 0 Å². The standard InChI is InChI=1S/C16H21N3O2S/c1-11(2)8-12(10-20)18-15(21)14-9-17-16(22)19(14)13-6-4-3-5-7-13/h3-7,9,11-12,20H,8,10H2,1-2H3,(H,17,22)(H,18,21). The molecule has 1 unspecified atom stereocenters. The van der Waals surface area contributed by atoms with Crippen LogP contribution in [-0.4, -0.2) is 33.2 Å². The quantitative estimate of drug-likeness (QED) is 0.717. The number of carbonyl (C=O) groups excluding carboxylic acids is 1. The van der Waals surface area contributed by atoms with E-state index in [4.69, 9.17) is 12.2 Å². The van der Waals surface area contributed by atoms with E-state index in [2.05, 4.69) is 24.1 Å². The molecule has 2 rings (SSSR count). The number of para-hydroxylation sites is 1. The fraction of sp³-hybridized carbons (Fsp3) is 0.375. The molecular formula is C16H21N3O2S. The lowest BCUT2D eigenvalue weighted by Crippen LogP contribution is -2.39. The summed E-state index contributed by atoms with van der Waals surface area (Å²) in [4.78, 5) is 15.4. The van der Waals surface area contributed by atoms with Crippen LogP contribution in [0.15, 0.2) is 36.5 Å². The third-order valence-electron chi connectivity index (χ3n) is 3.33. The van der Waals surface area contributed by atoms with Gasteiger partial charge in [-0.2, -0.15) is 0 Å². The SMILES string of the molecule is CC(C)CC(CO)NC(=O)c1c[nH]c(=S)n1-c1ccccc1. The molecule has 6 heteroatoms. The molecule has 1 aromatic heterocycles. The summed E-state index contributed by atoms with van der Waals surface area (Å²) in [6, 6.07) is 9.20. The maximum absolute atomic E-state index is 12.5. The molecule has 0 aliphatic heterocycles. The molecular weight excluding hydrogens is 298 g/mol. The van der Waals surface area contributed by atoms with Crippen LogP contribution in [0.1, 0.15) is 30.8 Å². The lowest BCUT2D eigenvalue weighted by Gasteiger charge is -2.18. The molecule has 1 amide bonds. The van der Waals surface area contributed by atoms with Crippen molar-refractivity contribution in [3.63, 3.8) is 0 Å². The molecule has 118 valence electrons. The number of rotatable bonds is 6. The average Bonchev–Trinajstić information content (AvgIpc) is 2.88. The van der Waals surface area contributed by atoms with Gasteiger partial charge >= 0.3 is 0 Å². The number of carbonyl (C=O) groups is 1. The van der Waals surface area contributed by atoms with Gasteiger partial charge in [-0.3, -0.25) is 9.36 Å². The predicted molar refractivity (Wildman–Crippen MR) is 88.7 cm³/mol. The van der Waals surface area contributed by atoms with Crippen LogP contribution in [0.4, 0.5) is 0 Å². The Bertz CT molecular complexity index is 676. The topological polar surface area (TPSA) is 70.1 Å². The van der Waals surface area contributed by atoms with Crippen LogP contribution in [0.25, 0.3) is 5.69 Å². The Hall–Kier alpha value is -1.92. The van der Waals surface area contributed by atoms with Crippen LogP contribution in [-0.2, 0) is 0 Å². The van der Waals surface area contributed by atoms with Crippen molar-refractivity contribution in [1.29, 1.82) is 0 Å². The number of aliphatic hydroxyl groups excluding tert-OH is 1. The van der Waals surface area contributed by atoms with Crippen molar-refractivity contribution >= 4 is 18.1 Å². The summed E-state index contributed by atoms with van der Waals surface area (Å²) in [5.41, 5.74) is 1.25. The van der Waals surface area contributed by atoms with Gasteiger partial charge in [0.15, 0.2) is 4.77 Å². The number of aromatic amines is 1. The van der Waals surface area contributed by atoms with Crippen LogP contribution in [0.2, 0.25) is 0 Å². The predicted octanol–water partition coefficient (Wildman–Crippen LogP) is 2.67. The molecule has 3 N–H and O–H groups in total. The first-order chi connectivity index (χ1) is 10.5. The molecule has 0 aliphatic carbocycles. The van der Waals surface area contributed by atoms with Crippen molar-refractivity contribution in [2.24, 2.45) is 5.92 Å². The Morgan fingerprint density at radius 3 is 2.64 bits per heavy atom. The smallest absolute Gasteiger partial charge is 0.270 e. The van der Waals surface area contributed by atoms with Gasteiger partial charge in [0.1, 0.15) is 5.69 Å². The van der Waals surface area contributed by atoms with Crippen LogP contribution >= 0.6 is 12.2 Å². The van der Waals surface area contributed by atoms with E-state index in [1.807, 2.05) is 30.3 Å². The Balaban J connectivity index is 2.26. The molecule has 5 nitrogen and oxygen atoms in total. The van der Waals surface area contributed by atoms with Gasteiger partial charge in [-0.1, -0.05) is 32.0 Å². The van der Waals surface area contributed by atoms with Crippen LogP contribution in [0, 0.1) is 10.7 Å². The number of hydrogen-bond donors (Lipinski definition) is 3. The highest BCUT2D eigenvalue weighted by molar-refractivity contribution is 7.71. The maximum Gasteiger partial charge on any atom is 0.270 e. The van der Waals surface area contributed by atoms with Crippen LogP contribution < -0.4 is 5.32 Å². The fourth-order valence-corrected chi connectivity index (χ4v) is 2.64. The number of imidazole rings is 1. The first-order valence-corrected chi connectivity index (χ1v) is 7.71. The summed E-state index contributed by atoms with van der Waals surface area (Å²) in [6.45, 7) is 4.02. The van der Waals surface area contributed by atoms with E-state index < -0.39 is 0 Å². The molecule has 0 radical (unpaired) electrons. The highest BCUT2D eigenvalue weighted by atomic mass is 32.1. The lowest BCUT2D eigenvalue weighted by molar-refractivity contribution is 0.0901.